The van der Waals surface area contributed by atoms with E-state index in [0.717, 1.165) is 28.1 Å². The summed E-state index contributed by atoms with van der Waals surface area (Å²) in [5.41, 5.74) is 3.78. The van der Waals surface area contributed by atoms with Crippen LogP contribution in [0.25, 0.3) is 11.1 Å². The van der Waals surface area contributed by atoms with E-state index in [0.29, 0.717) is 29.3 Å². The zero-order chi connectivity index (χ0) is 28.5. The molecule has 0 bridgehead atoms. The molecule has 206 valence electrons. The maximum absolute atomic E-state index is 14.7. The van der Waals surface area contributed by atoms with E-state index in [9.17, 15) is 14.1 Å². The number of hydrogen-bond donors (Lipinski definition) is 3. The van der Waals surface area contributed by atoms with Gasteiger partial charge in [0.15, 0.2) is 0 Å². The normalized spacial score (nSPS) is 11.0. The van der Waals surface area contributed by atoms with Crippen molar-refractivity contribution in [3.05, 3.63) is 113 Å². The molecule has 1 amide bonds. The summed E-state index contributed by atoms with van der Waals surface area (Å²) < 4.78 is 23.1. The molecule has 7 nitrogen and oxygen atoms in total. The number of benzene rings is 4. The zero-order valence-electron chi connectivity index (χ0n) is 22.5. The van der Waals surface area contributed by atoms with E-state index in [2.05, 4.69) is 20.5 Å². The van der Waals surface area contributed by atoms with E-state index < -0.39 is 5.54 Å². The molecular weight excluding hydrogens is 527 g/mol. The fourth-order valence-electron chi connectivity index (χ4n) is 4.01. The van der Waals surface area contributed by atoms with Crippen LogP contribution in [0.4, 0.5) is 15.8 Å². The van der Waals surface area contributed by atoms with Crippen LogP contribution in [0.3, 0.4) is 0 Å². The molecule has 0 radical (unpaired) electrons. The Morgan fingerprint density at radius 3 is 2.45 bits per heavy atom. The van der Waals surface area contributed by atoms with Gasteiger partial charge < -0.3 is 20.1 Å². The minimum Gasteiger partial charge on any atom is -0.496 e. The third-order valence-corrected chi connectivity index (χ3v) is 7.16. The summed E-state index contributed by atoms with van der Waals surface area (Å²) in [4.78, 5) is 24.1. The molecule has 40 heavy (non-hydrogen) atoms. The number of carbonyl (C=O) groups excluding carboxylic acids is 1. The van der Waals surface area contributed by atoms with Crippen LogP contribution in [0, 0.1) is 10.7 Å². The van der Waals surface area contributed by atoms with Crippen molar-refractivity contribution in [3.63, 3.8) is 0 Å². The molecule has 0 saturated heterocycles. The van der Waals surface area contributed by atoms with Gasteiger partial charge in [0.25, 0.3) is 5.91 Å². The Kier molecular flexibility index (Phi) is 9.39. The Balaban J connectivity index is 1.35. The van der Waals surface area contributed by atoms with Crippen molar-refractivity contribution in [2.45, 2.75) is 24.3 Å². The molecule has 3 N–H and O–H groups in total. The van der Waals surface area contributed by atoms with Crippen molar-refractivity contribution in [1.29, 1.82) is 0 Å². The Morgan fingerprint density at radius 2 is 1.65 bits per heavy atom. The second kappa shape index (κ2) is 13.1. The number of rotatable bonds is 12. The number of carbonyl (C=O) groups is 1. The van der Waals surface area contributed by atoms with Gasteiger partial charge in [-0.25, -0.2) is 4.39 Å². The lowest BCUT2D eigenvalue weighted by atomic mass is 9.92. The molecule has 0 heterocycles. The summed E-state index contributed by atoms with van der Waals surface area (Å²) in [5.74, 6) is -0.0163. The first-order chi connectivity index (χ1) is 19.3. The molecule has 0 fully saturated rings. The van der Waals surface area contributed by atoms with Crippen molar-refractivity contribution in [1.82, 2.24) is 5.32 Å². The fraction of sp³-hybridized carbons (Fsp3) is 0.194. The van der Waals surface area contributed by atoms with E-state index in [1.807, 2.05) is 54.6 Å². The molecule has 0 saturated carbocycles. The lowest BCUT2D eigenvalue weighted by Crippen LogP contribution is -2.29. The van der Waals surface area contributed by atoms with E-state index in [1.165, 1.54) is 25.1 Å². The lowest BCUT2D eigenvalue weighted by molar-refractivity contribution is 0.0952. The number of amides is 1. The second-order valence-corrected chi connectivity index (χ2v) is 10.4. The summed E-state index contributed by atoms with van der Waals surface area (Å²) in [6.45, 7) is 4.46. The van der Waals surface area contributed by atoms with Crippen LogP contribution in [0.1, 0.15) is 29.8 Å². The number of para-hydroxylation sites is 1. The monoisotopic (exact) mass is 558 g/mol. The van der Waals surface area contributed by atoms with Gasteiger partial charge in [0, 0.05) is 24.5 Å². The fourth-order valence-corrected chi connectivity index (χ4v) is 4.72. The number of methoxy groups -OCH3 is 1. The van der Waals surface area contributed by atoms with Gasteiger partial charge in [0.05, 0.1) is 17.6 Å². The molecule has 0 aliphatic heterocycles. The molecule has 0 aliphatic rings. The SMILES string of the molecule is COc1ccccc1C(=O)NCCNc1cccc(NSc2cc(-c3cccc(C(C)(C)N=O)c3)ccc2F)c1. The molecule has 4 aromatic rings. The predicted molar refractivity (Wildman–Crippen MR) is 160 cm³/mol. The van der Waals surface area contributed by atoms with E-state index in [1.54, 1.807) is 44.2 Å². The highest BCUT2D eigenvalue weighted by molar-refractivity contribution is 8.00. The summed E-state index contributed by atoms with van der Waals surface area (Å²) in [7, 11) is 1.53. The first kappa shape index (κ1) is 28.6. The highest BCUT2D eigenvalue weighted by Crippen LogP contribution is 2.32. The number of halogens is 1. The molecular formula is C31H31FN4O3S. The van der Waals surface area contributed by atoms with E-state index in [-0.39, 0.29) is 11.7 Å². The van der Waals surface area contributed by atoms with Gasteiger partial charge in [0.2, 0.25) is 0 Å². The van der Waals surface area contributed by atoms with Crippen LogP contribution >= 0.6 is 11.9 Å². The average molecular weight is 559 g/mol. The van der Waals surface area contributed by atoms with Crippen molar-refractivity contribution in [2.75, 3.05) is 30.2 Å². The van der Waals surface area contributed by atoms with Crippen LogP contribution in [0.2, 0.25) is 0 Å². The van der Waals surface area contributed by atoms with Gasteiger partial charge in [-0.3, -0.25) is 4.79 Å². The van der Waals surface area contributed by atoms with Crippen LogP contribution in [0.15, 0.2) is 101 Å². The van der Waals surface area contributed by atoms with Crippen LogP contribution in [-0.2, 0) is 5.54 Å². The minimum absolute atomic E-state index is 0.203. The van der Waals surface area contributed by atoms with Gasteiger partial charge in [-0.1, -0.05) is 47.6 Å². The predicted octanol–water partition coefficient (Wildman–Crippen LogP) is 7.46. The first-order valence-electron chi connectivity index (χ1n) is 12.7. The molecule has 0 aromatic heterocycles. The largest absolute Gasteiger partial charge is 0.496 e. The maximum atomic E-state index is 14.7. The van der Waals surface area contributed by atoms with Crippen molar-refractivity contribution in [3.8, 4) is 16.9 Å². The van der Waals surface area contributed by atoms with Gasteiger partial charge in [0.1, 0.15) is 17.1 Å². The van der Waals surface area contributed by atoms with Gasteiger partial charge in [-0.05, 0) is 91.0 Å². The van der Waals surface area contributed by atoms with Crippen molar-refractivity contribution >= 4 is 29.2 Å². The standard InChI is InChI=1S/C31H31FN4O3S/c1-31(2,36-38)23-9-6-8-21(18-23)22-14-15-27(32)29(19-22)40-35-25-11-7-10-24(20-25)33-16-17-34-30(37)26-12-4-5-13-28(26)39-3/h4-15,18-20,33,35H,16-17H2,1-3H3,(H,34,37). The van der Waals surface area contributed by atoms with Crippen LogP contribution in [0.5, 0.6) is 5.75 Å². The Morgan fingerprint density at radius 1 is 0.900 bits per heavy atom. The van der Waals surface area contributed by atoms with E-state index >= 15 is 0 Å². The van der Waals surface area contributed by atoms with Crippen molar-refractivity contribution in [2.24, 2.45) is 5.18 Å². The Labute approximate surface area is 237 Å². The van der Waals surface area contributed by atoms with Crippen LogP contribution < -0.4 is 20.1 Å². The van der Waals surface area contributed by atoms with Crippen molar-refractivity contribution < 1.29 is 13.9 Å². The average Bonchev–Trinajstić information content (AvgIpc) is 2.99. The highest BCUT2D eigenvalue weighted by atomic mass is 32.2. The summed E-state index contributed by atoms with van der Waals surface area (Å²) in [5, 5.41) is 9.39. The molecule has 0 atom stereocenters. The molecule has 0 unspecified atom stereocenters. The van der Waals surface area contributed by atoms with E-state index in [4.69, 9.17) is 4.74 Å². The summed E-state index contributed by atoms with van der Waals surface area (Å²) in [6.07, 6.45) is 0. The third-order valence-electron chi connectivity index (χ3n) is 6.29. The highest BCUT2D eigenvalue weighted by Gasteiger charge is 2.21. The quantitative estimate of drug-likeness (QED) is 0.0950. The van der Waals surface area contributed by atoms with Crippen LogP contribution in [-0.4, -0.2) is 26.1 Å². The Hall–Kier alpha value is -4.37. The topological polar surface area (TPSA) is 91.8 Å². The number of hydrogen-bond acceptors (Lipinski definition) is 7. The summed E-state index contributed by atoms with van der Waals surface area (Å²) >= 11 is 1.18. The first-order valence-corrected chi connectivity index (χ1v) is 13.6. The molecule has 0 spiro atoms. The molecule has 9 heteroatoms. The number of ether oxygens (including phenoxy) is 1. The van der Waals surface area contributed by atoms with Gasteiger partial charge in [-0.15, -0.1) is 4.91 Å². The number of nitroso groups, excluding NO2 is 1. The Bertz CT molecular complexity index is 1500. The minimum atomic E-state index is -0.852. The number of nitrogens with zero attached hydrogens (tertiary/aromatic N) is 1. The lowest BCUT2D eigenvalue weighted by Gasteiger charge is -2.17. The summed E-state index contributed by atoms with van der Waals surface area (Å²) in [6, 6.07) is 27.2. The molecule has 4 rings (SSSR count). The smallest absolute Gasteiger partial charge is 0.255 e. The molecule has 4 aromatic carbocycles. The number of nitrogens with one attached hydrogen (secondary N) is 3. The zero-order valence-corrected chi connectivity index (χ0v) is 23.3. The number of anilines is 2. The molecule has 0 aliphatic carbocycles. The third kappa shape index (κ3) is 7.18. The second-order valence-electron chi connectivity index (χ2n) is 9.54. The van der Waals surface area contributed by atoms with Gasteiger partial charge >= 0.3 is 0 Å². The van der Waals surface area contributed by atoms with Gasteiger partial charge in [-0.2, -0.15) is 0 Å². The maximum Gasteiger partial charge on any atom is 0.255 e.